The molecule has 0 heterocycles. The van der Waals surface area contributed by atoms with E-state index in [1.54, 1.807) is 6.21 Å². The van der Waals surface area contributed by atoms with E-state index in [1.165, 1.54) is 5.56 Å². The maximum atomic E-state index is 11.9. The lowest BCUT2D eigenvalue weighted by molar-refractivity contribution is -0.123. The number of rotatable bonds is 9. The lowest BCUT2D eigenvalue weighted by Gasteiger charge is -2.15. The van der Waals surface area contributed by atoms with E-state index >= 15 is 0 Å². The Hall–Kier alpha value is -2.62. The van der Waals surface area contributed by atoms with Crippen LogP contribution in [0.25, 0.3) is 0 Å². The highest BCUT2D eigenvalue weighted by Gasteiger charge is 2.10. The van der Waals surface area contributed by atoms with Crippen molar-refractivity contribution in [3.8, 4) is 5.75 Å². The van der Waals surface area contributed by atoms with Crippen molar-refractivity contribution in [3.63, 3.8) is 0 Å². The molecule has 1 amide bonds. The monoisotopic (exact) mass is 338 g/mol. The van der Waals surface area contributed by atoms with Gasteiger partial charge in [0.05, 0.1) is 0 Å². The molecule has 0 saturated carbocycles. The first-order valence-electron chi connectivity index (χ1n) is 8.76. The number of ether oxygens (including phenoxy) is 1. The summed E-state index contributed by atoms with van der Waals surface area (Å²) in [6.07, 6.45) is 4.43. The third-order valence-electron chi connectivity index (χ3n) is 4.11. The van der Waals surface area contributed by atoms with Gasteiger partial charge in [-0.15, -0.1) is 0 Å². The van der Waals surface area contributed by atoms with Gasteiger partial charge in [-0.3, -0.25) is 4.79 Å². The Morgan fingerprint density at radius 1 is 1.16 bits per heavy atom. The first-order chi connectivity index (χ1) is 12.2. The molecule has 0 aromatic heterocycles. The summed E-state index contributed by atoms with van der Waals surface area (Å²) in [5.74, 6) is 0.908. The second kappa shape index (κ2) is 10.3. The Balaban J connectivity index is 1.73. The van der Waals surface area contributed by atoms with Crippen LogP contribution in [0.5, 0.6) is 5.75 Å². The van der Waals surface area contributed by atoms with Crippen LogP contribution in [0.2, 0.25) is 0 Å². The molecule has 0 saturated heterocycles. The Morgan fingerprint density at radius 2 is 1.88 bits per heavy atom. The third kappa shape index (κ3) is 6.42. The average Bonchev–Trinajstić information content (AvgIpc) is 2.66. The van der Waals surface area contributed by atoms with Gasteiger partial charge in [-0.05, 0) is 42.4 Å². The molecule has 132 valence electrons. The van der Waals surface area contributed by atoms with Gasteiger partial charge >= 0.3 is 0 Å². The van der Waals surface area contributed by atoms with Crippen LogP contribution in [0.3, 0.4) is 0 Å². The minimum atomic E-state index is -0.255. The zero-order valence-electron chi connectivity index (χ0n) is 14.9. The second-order valence-electron chi connectivity index (χ2n) is 6.01. The third-order valence-corrected chi connectivity index (χ3v) is 4.11. The van der Waals surface area contributed by atoms with Crippen molar-refractivity contribution in [2.24, 2.45) is 5.10 Å². The summed E-state index contributed by atoms with van der Waals surface area (Å²) in [6, 6.07) is 18.0. The molecule has 4 heteroatoms. The highest BCUT2D eigenvalue weighted by atomic mass is 16.5. The van der Waals surface area contributed by atoms with Gasteiger partial charge in [0.25, 0.3) is 5.91 Å². The van der Waals surface area contributed by atoms with Crippen LogP contribution in [-0.2, 0) is 11.2 Å². The topological polar surface area (TPSA) is 50.7 Å². The molecule has 2 rings (SSSR count). The van der Waals surface area contributed by atoms with Crippen LogP contribution in [0.15, 0.2) is 59.7 Å². The van der Waals surface area contributed by atoms with Crippen LogP contribution < -0.4 is 10.2 Å². The van der Waals surface area contributed by atoms with Gasteiger partial charge in [-0.1, -0.05) is 62.4 Å². The fourth-order valence-electron chi connectivity index (χ4n) is 2.47. The van der Waals surface area contributed by atoms with E-state index in [0.29, 0.717) is 5.92 Å². The number of amides is 1. The van der Waals surface area contributed by atoms with Crippen molar-refractivity contribution in [2.45, 2.75) is 39.0 Å². The lowest BCUT2D eigenvalue weighted by atomic mass is 9.98. The first kappa shape index (κ1) is 18.7. The smallest absolute Gasteiger partial charge is 0.277 e. The molecule has 4 nitrogen and oxygen atoms in total. The van der Waals surface area contributed by atoms with Gasteiger partial charge in [0, 0.05) is 6.21 Å². The fraction of sp³-hybridized carbons (Fsp3) is 0.333. The van der Waals surface area contributed by atoms with E-state index in [2.05, 4.69) is 36.5 Å². The lowest BCUT2D eigenvalue weighted by Crippen LogP contribution is -2.24. The summed E-state index contributed by atoms with van der Waals surface area (Å²) in [5, 5.41) is 3.97. The molecule has 0 radical (unpaired) electrons. The predicted octanol–water partition coefficient (Wildman–Crippen LogP) is 4.31. The van der Waals surface area contributed by atoms with Gasteiger partial charge in [0.1, 0.15) is 5.75 Å². The average molecular weight is 338 g/mol. The Bertz CT molecular complexity index is 683. The number of carbonyl (C=O) groups is 1. The molecule has 2 aromatic rings. The maximum absolute atomic E-state index is 11.9. The quantitative estimate of drug-likeness (QED) is 0.547. The molecule has 0 bridgehead atoms. The highest BCUT2D eigenvalue weighted by Crippen LogP contribution is 2.28. The molecule has 1 N–H and O–H groups in total. The summed E-state index contributed by atoms with van der Waals surface area (Å²) < 4.78 is 5.66. The van der Waals surface area contributed by atoms with Crippen LogP contribution in [-0.4, -0.2) is 18.7 Å². The number of para-hydroxylation sites is 1. The number of benzene rings is 2. The van der Waals surface area contributed by atoms with Gasteiger partial charge in [-0.25, -0.2) is 5.43 Å². The van der Waals surface area contributed by atoms with E-state index in [4.69, 9.17) is 4.74 Å². The van der Waals surface area contributed by atoms with Crippen LogP contribution in [0.4, 0.5) is 0 Å². The van der Waals surface area contributed by atoms with Crippen molar-refractivity contribution in [2.75, 3.05) is 6.61 Å². The summed E-state index contributed by atoms with van der Waals surface area (Å²) in [4.78, 5) is 11.9. The van der Waals surface area contributed by atoms with Crippen molar-refractivity contribution in [1.29, 1.82) is 0 Å². The number of aryl methyl sites for hydroxylation is 1. The molecular formula is C21H26N2O2. The number of nitrogens with one attached hydrogen (secondary N) is 1. The largest absolute Gasteiger partial charge is 0.483 e. The number of hydrogen-bond donors (Lipinski definition) is 1. The zero-order chi connectivity index (χ0) is 17.9. The second-order valence-corrected chi connectivity index (χ2v) is 6.01. The Labute approximate surface area is 149 Å². The van der Waals surface area contributed by atoms with Crippen LogP contribution in [0.1, 0.15) is 43.7 Å². The molecule has 0 aliphatic heterocycles. The number of hydrazone groups is 1. The molecule has 1 atom stereocenters. The molecule has 0 aliphatic rings. The van der Waals surface area contributed by atoms with Crippen molar-refractivity contribution < 1.29 is 9.53 Å². The minimum absolute atomic E-state index is 0.0382. The van der Waals surface area contributed by atoms with Crippen molar-refractivity contribution >= 4 is 12.1 Å². The zero-order valence-corrected chi connectivity index (χ0v) is 14.9. The van der Waals surface area contributed by atoms with Crippen LogP contribution in [0, 0.1) is 0 Å². The predicted molar refractivity (Wildman–Crippen MR) is 102 cm³/mol. The molecular weight excluding hydrogens is 312 g/mol. The Kier molecular flexibility index (Phi) is 7.70. The van der Waals surface area contributed by atoms with E-state index < -0.39 is 0 Å². The summed E-state index contributed by atoms with van der Waals surface area (Å²) in [6.45, 7) is 4.25. The SMILES string of the molecule is CCC(C)c1ccccc1OCC(=O)NN=CCCc1ccccc1. The van der Waals surface area contributed by atoms with E-state index in [1.807, 2.05) is 42.5 Å². The van der Waals surface area contributed by atoms with Crippen LogP contribution >= 0.6 is 0 Å². The fourth-order valence-corrected chi connectivity index (χ4v) is 2.47. The van der Waals surface area contributed by atoms with E-state index in [0.717, 1.165) is 30.6 Å². The van der Waals surface area contributed by atoms with Gasteiger partial charge in [-0.2, -0.15) is 5.10 Å². The standard InChI is InChI=1S/C21H26N2O2/c1-3-17(2)19-13-7-8-14-20(19)25-16-21(24)23-22-15-9-12-18-10-5-4-6-11-18/h4-8,10-11,13-15,17H,3,9,12,16H2,1-2H3,(H,23,24). The molecule has 0 aliphatic carbocycles. The maximum Gasteiger partial charge on any atom is 0.277 e. The molecule has 2 aromatic carbocycles. The summed E-state index contributed by atoms with van der Waals surface area (Å²) in [7, 11) is 0. The van der Waals surface area contributed by atoms with Gasteiger partial charge in [0.15, 0.2) is 6.61 Å². The van der Waals surface area contributed by atoms with Gasteiger partial charge in [0.2, 0.25) is 0 Å². The number of hydrogen-bond acceptors (Lipinski definition) is 3. The highest BCUT2D eigenvalue weighted by molar-refractivity contribution is 5.78. The summed E-state index contributed by atoms with van der Waals surface area (Å²) in [5.41, 5.74) is 4.89. The van der Waals surface area contributed by atoms with Crippen molar-refractivity contribution in [1.82, 2.24) is 5.43 Å². The first-order valence-corrected chi connectivity index (χ1v) is 8.76. The summed E-state index contributed by atoms with van der Waals surface area (Å²) >= 11 is 0. The normalized spacial score (nSPS) is 12.1. The molecule has 0 fully saturated rings. The number of nitrogens with zero attached hydrogens (tertiary/aromatic N) is 1. The molecule has 1 unspecified atom stereocenters. The molecule has 0 spiro atoms. The van der Waals surface area contributed by atoms with Gasteiger partial charge < -0.3 is 4.74 Å². The number of carbonyl (C=O) groups excluding carboxylic acids is 1. The van der Waals surface area contributed by atoms with E-state index in [9.17, 15) is 4.79 Å². The van der Waals surface area contributed by atoms with E-state index in [-0.39, 0.29) is 12.5 Å². The minimum Gasteiger partial charge on any atom is -0.483 e. The van der Waals surface area contributed by atoms with Crippen molar-refractivity contribution in [3.05, 3.63) is 65.7 Å². The molecule has 25 heavy (non-hydrogen) atoms. The Morgan fingerprint density at radius 3 is 2.64 bits per heavy atom.